The number of rotatable bonds is 4. The summed E-state index contributed by atoms with van der Waals surface area (Å²) in [5.74, 6) is 0.581. The maximum Gasteiger partial charge on any atom is 0.255 e. The Bertz CT molecular complexity index is 413. The quantitative estimate of drug-likeness (QED) is 0.871. The van der Waals surface area contributed by atoms with Crippen LogP contribution in [0.5, 0.6) is 5.75 Å². The van der Waals surface area contributed by atoms with Gasteiger partial charge in [-0.05, 0) is 44.4 Å². The zero-order chi connectivity index (χ0) is 13.0. The minimum absolute atomic E-state index is 0.0614. The molecular weight excluding hydrogens is 214 g/mol. The third-order valence-corrected chi connectivity index (χ3v) is 2.88. The van der Waals surface area contributed by atoms with Gasteiger partial charge in [0.1, 0.15) is 5.75 Å². The van der Waals surface area contributed by atoms with Gasteiger partial charge in [-0.2, -0.15) is 0 Å². The Balaban J connectivity index is 3.08. The number of benzene rings is 1. The van der Waals surface area contributed by atoms with Crippen LogP contribution in [0.1, 0.15) is 41.8 Å². The predicted octanol–water partition coefficient (Wildman–Crippen LogP) is 2.84. The molecule has 1 rings (SSSR count). The molecule has 1 amide bonds. The van der Waals surface area contributed by atoms with E-state index in [1.54, 1.807) is 7.11 Å². The zero-order valence-electron chi connectivity index (χ0n) is 11.3. The molecule has 0 spiro atoms. The van der Waals surface area contributed by atoms with E-state index >= 15 is 0 Å². The highest BCUT2D eigenvalue weighted by molar-refractivity contribution is 5.98. The molecule has 17 heavy (non-hydrogen) atoms. The zero-order valence-corrected chi connectivity index (χ0v) is 11.3. The van der Waals surface area contributed by atoms with Crippen LogP contribution in [-0.2, 0) is 0 Å². The Morgan fingerprint density at radius 1 is 1.41 bits per heavy atom. The molecule has 0 saturated carbocycles. The molecule has 0 aliphatic rings. The smallest absolute Gasteiger partial charge is 0.255 e. The molecule has 3 heteroatoms. The molecule has 1 aromatic carbocycles. The predicted molar refractivity (Wildman–Crippen MR) is 69.7 cm³/mol. The van der Waals surface area contributed by atoms with Gasteiger partial charge in [0.05, 0.1) is 12.7 Å². The van der Waals surface area contributed by atoms with Crippen molar-refractivity contribution >= 4 is 5.91 Å². The highest BCUT2D eigenvalue weighted by atomic mass is 16.5. The normalized spacial score (nSPS) is 12.1. The summed E-state index contributed by atoms with van der Waals surface area (Å²) in [4.78, 5) is 12.1. The van der Waals surface area contributed by atoms with Gasteiger partial charge in [-0.1, -0.05) is 13.0 Å². The number of hydrogen-bond acceptors (Lipinski definition) is 2. The average molecular weight is 235 g/mol. The first kappa shape index (κ1) is 13.6. The summed E-state index contributed by atoms with van der Waals surface area (Å²) in [7, 11) is 1.59. The second-order valence-electron chi connectivity index (χ2n) is 4.44. The lowest BCUT2D eigenvalue weighted by Gasteiger charge is -2.16. The topological polar surface area (TPSA) is 38.3 Å². The molecule has 1 N–H and O–H groups in total. The fourth-order valence-corrected chi connectivity index (χ4v) is 1.78. The highest BCUT2D eigenvalue weighted by Crippen LogP contribution is 2.24. The fraction of sp³-hybridized carbons (Fsp3) is 0.500. The van der Waals surface area contributed by atoms with Crippen LogP contribution in [-0.4, -0.2) is 19.1 Å². The fourth-order valence-electron chi connectivity index (χ4n) is 1.78. The third-order valence-electron chi connectivity index (χ3n) is 2.88. The molecule has 0 bridgehead atoms. The standard InChI is InChI=1S/C14H21NO2/c1-6-11(4)15-14(16)13-10(3)7-9(2)8-12(13)17-5/h7-8,11H,6H2,1-5H3,(H,15,16). The molecule has 3 nitrogen and oxygen atoms in total. The van der Waals surface area contributed by atoms with Crippen LogP contribution in [0.25, 0.3) is 0 Å². The van der Waals surface area contributed by atoms with Crippen LogP contribution in [0.4, 0.5) is 0 Å². The summed E-state index contributed by atoms with van der Waals surface area (Å²) in [6.07, 6.45) is 0.916. The van der Waals surface area contributed by atoms with Gasteiger partial charge in [0.2, 0.25) is 0 Å². The molecule has 0 aliphatic heterocycles. The van der Waals surface area contributed by atoms with Gasteiger partial charge >= 0.3 is 0 Å². The summed E-state index contributed by atoms with van der Waals surface area (Å²) < 4.78 is 5.28. The lowest BCUT2D eigenvalue weighted by Crippen LogP contribution is -2.32. The van der Waals surface area contributed by atoms with E-state index in [9.17, 15) is 4.79 Å². The van der Waals surface area contributed by atoms with Gasteiger partial charge in [-0.3, -0.25) is 4.79 Å². The van der Waals surface area contributed by atoms with Gasteiger partial charge in [-0.25, -0.2) is 0 Å². The van der Waals surface area contributed by atoms with Crippen molar-refractivity contribution in [2.45, 2.75) is 40.2 Å². The first-order valence-corrected chi connectivity index (χ1v) is 5.95. The van der Waals surface area contributed by atoms with Crippen molar-refractivity contribution in [2.24, 2.45) is 0 Å². The number of nitrogens with one attached hydrogen (secondary N) is 1. The summed E-state index contributed by atoms with van der Waals surface area (Å²) in [6.45, 7) is 7.96. The molecule has 1 atom stereocenters. The lowest BCUT2D eigenvalue weighted by atomic mass is 10.0. The highest BCUT2D eigenvalue weighted by Gasteiger charge is 2.16. The van der Waals surface area contributed by atoms with E-state index < -0.39 is 0 Å². The minimum atomic E-state index is -0.0614. The summed E-state index contributed by atoms with van der Waals surface area (Å²) in [5.41, 5.74) is 2.68. The van der Waals surface area contributed by atoms with Crippen molar-refractivity contribution in [3.05, 3.63) is 28.8 Å². The van der Waals surface area contributed by atoms with Gasteiger partial charge in [0.25, 0.3) is 5.91 Å². The van der Waals surface area contributed by atoms with E-state index in [1.165, 1.54) is 0 Å². The number of hydrogen-bond donors (Lipinski definition) is 1. The van der Waals surface area contributed by atoms with E-state index in [0.29, 0.717) is 11.3 Å². The number of ether oxygens (including phenoxy) is 1. The number of carbonyl (C=O) groups excluding carboxylic acids is 1. The monoisotopic (exact) mass is 235 g/mol. The Morgan fingerprint density at radius 3 is 2.59 bits per heavy atom. The van der Waals surface area contributed by atoms with Crippen molar-refractivity contribution in [3.63, 3.8) is 0 Å². The molecule has 0 aliphatic carbocycles. The van der Waals surface area contributed by atoms with Crippen molar-refractivity contribution in [2.75, 3.05) is 7.11 Å². The average Bonchev–Trinajstić information content (AvgIpc) is 2.27. The van der Waals surface area contributed by atoms with Crippen LogP contribution in [0.3, 0.4) is 0 Å². The molecule has 0 radical (unpaired) electrons. The van der Waals surface area contributed by atoms with Crippen molar-refractivity contribution in [1.82, 2.24) is 5.32 Å². The molecule has 94 valence electrons. The summed E-state index contributed by atoms with van der Waals surface area (Å²) in [6, 6.07) is 4.06. The molecule has 1 unspecified atom stereocenters. The van der Waals surface area contributed by atoms with Crippen molar-refractivity contribution < 1.29 is 9.53 Å². The summed E-state index contributed by atoms with van der Waals surface area (Å²) >= 11 is 0. The first-order chi connectivity index (χ1) is 7.99. The van der Waals surface area contributed by atoms with Crippen LogP contribution < -0.4 is 10.1 Å². The van der Waals surface area contributed by atoms with Crippen molar-refractivity contribution in [1.29, 1.82) is 0 Å². The number of carbonyl (C=O) groups is 1. The SMILES string of the molecule is CCC(C)NC(=O)c1c(C)cc(C)cc1OC. The van der Waals surface area contributed by atoms with Crippen molar-refractivity contribution in [3.8, 4) is 5.75 Å². The van der Waals surface area contributed by atoms with E-state index in [1.807, 2.05) is 39.8 Å². The molecule has 0 aromatic heterocycles. The third kappa shape index (κ3) is 3.22. The maximum absolute atomic E-state index is 12.1. The van der Waals surface area contributed by atoms with E-state index in [4.69, 9.17) is 4.74 Å². The van der Waals surface area contributed by atoms with Crippen LogP contribution in [0.15, 0.2) is 12.1 Å². The van der Waals surface area contributed by atoms with Gasteiger partial charge in [-0.15, -0.1) is 0 Å². The van der Waals surface area contributed by atoms with Crippen LogP contribution >= 0.6 is 0 Å². The molecular formula is C14H21NO2. The molecule has 1 aromatic rings. The molecule has 0 saturated heterocycles. The molecule has 0 heterocycles. The second-order valence-corrected chi connectivity index (χ2v) is 4.44. The number of amides is 1. The summed E-state index contributed by atoms with van der Waals surface area (Å²) in [5, 5.41) is 2.96. The maximum atomic E-state index is 12.1. The Hall–Kier alpha value is -1.51. The van der Waals surface area contributed by atoms with Gasteiger partial charge < -0.3 is 10.1 Å². The second kappa shape index (κ2) is 5.71. The van der Waals surface area contributed by atoms with Gasteiger partial charge in [0, 0.05) is 6.04 Å². The lowest BCUT2D eigenvalue weighted by molar-refractivity contribution is 0.0935. The molecule has 0 fully saturated rings. The Labute approximate surface area is 103 Å². The first-order valence-electron chi connectivity index (χ1n) is 5.95. The Kier molecular flexibility index (Phi) is 4.55. The Morgan fingerprint density at radius 2 is 2.06 bits per heavy atom. The number of aryl methyl sites for hydroxylation is 2. The minimum Gasteiger partial charge on any atom is -0.496 e. The van der Waals surface area contributed by atoms with E-state index in [0.717, 1.165) is 17.5 Å². The van der Waals surface area contributed by atoms with Crippen LogP contribution in [0, 0.1) is 13.8 Å². The largest absolute Gasteiger partial charge is 0.496 e. The van der Waals surface area contributed by atoms with Gasteiger partial charge in [0.15, 0.2) is 0 Å². The number of methoxy groups -OCH3 is 1. The van der Waals surface area contributed by atoms with E-state index in [-0.39, 0.29) is 11.9 Å². The van der Waals surface area contributed by atoms with Crippen LogP contribution in [0.2, 0.25) is 0 Å². The van der Waals surface area contributed by atoms with E-state index in [2.05, 4.69) is 5.32 Å².